The molecule has 3 nitrogen and oxygen atoms in total. The Labute approximate surface area is 129 Å². The number of hydrogen-bond acceptors (Lipinski definition) is 3. The van der Waals surface area contributed by atoms with Crippen LogP contribution in [0, 0.1) is 0 Å². The molecule has 0 aliphatic heterocycles. The number of nitrogens with two attached hydrogens (primary N) is 1. The second-order valence-corrected chi connectivity index (χ2v) is 5.59. The molecule has 21 heavy (non-hydrogen) atoms. The summed E-state index contributed by atoms with van der Waals surface area (Å²) in [6.45, 7) is 3.01. The predicted molar refractivity (Wildman–Crippen MR) is 90.1 cm³/mol. The molecule has 0 heterocycles. The smallest absolute Gasteiger partial charge is 0.162 e. The van der Waals surface area contributed by atoms with Gasteiger partial charge in [0.2, 0.25) is 0 Å². The van der Waals surface area contributed by atoms with Crippen molar-refractivity contribution in [3.8, 4) is 11.5 Å². The van der Waals surface area contributed by atoms with E-state index in [2.05, 4.69) is 6.92 Å². The number of benzene rings is 1. The molecule has 0 saturated heterocycles. The van der Waals surface area contributed by atoms with Gasteiger partial charge in [0.15, 0.2) is 11.5 Å². The van der Waals surface area contributed by atoms with E-state index < -0.39 is 0 Å². The molecule has 0 fully saturated rings. The largest absolute Gasteiger partial charge is 0.493 e. The third-order valence-corrected chi connectivity index (χ3v) is 3.69. The molecule has 0 aliphatic rings. The Morgan fingerprint density at radius 1 is 0.857 bits per heavy atom. The van der Waals surface area contributed by atoms with Crippen molar-refractivity contribution in [3.63, 3.8) is 0 Å². The average molecular weight is 293 g/mol. The third kappa shape index (κ3) is 7.84. The molecule has 0 unspecified atom stereocenters. The van der Waals surface area contributed by atoms with Gasteiger partial charge >= 0.3 is 0 Å². The highest BCUT2D eigenvalue weighted by Crippen LogP contribution is 2.29. The standard InChI is InChI=1S/C18H31NO2/c1-3-4-5-6-7-8-9-10-11-14-21-17-13-12-16(19)15-18(17)20-2/h12-13,15H,3-11,14,19H2,1-2H3. The number of nitrogen functional groups attached to an aromatic ring is 1. The van der Waals surface area contributed by atoms with Gasteiger partial charge in [-0.05, 0) is 18.6 Å². The van der Waals surface area contributed by atoms with Crippen LogP contribution in [0.4, 0.5) is 5.69 Å². The van der Waals surface area contributed by atoms with Crippen molar-refractivity contribution in [2.45, 2.75) is 64.7 Å². The zero-order valence-corrected chi connectivity index (χ0v) is 13.7. The first-order valence-electron chi connectivity index (χ1n) is 8.34. The summed E-state index contributed by atoms with van der Waals surface area (Å²) in [6, 6.07) is 5.52. The second-order valence-electron chi connectivity index (χ2n) is 5.59. The molecule has 0 atom stereocenters. The van der Waals surface area contributed by atoms with Gasteiger partial charge < -0.3 is 15.2 Å². The fraction of sp³-hybridized carbons (Fsp3) is 0.667. The van der Waals surface area contributed by atoms with Gasteiger partial charge in [-0.1, -0.05) is 58.3 Å². The summed E-state index contributed by atoms with van der Waals surface area (Å²) in [5, 5.41) is 0. The summed E-state index contributed by atoms with van der Waals surface area (Å²) in [6.07, 6.45) is 11.9. The molecule has 0 radical (unpaired) electrons. The molecule has 0 saturated carbocycles. The molecular formula is C18H31NO2. The maximum Gasteiger partial charge on any atom is 0.162 e. The Balaban J connectivity index is 2.04. The van der Waals surface area contributed by atoms with Crippen LogP contribution in [0.2, 0.25) is 0 Å². The minimum atomic E-state index is 0.697. The van der Waals surface area contributed by atoms with Crippen LogP contribution in [-0.4, -0.2) is 13.7 Å². The molecule has 120 valence electrons. The topological polar surface area (TPSA) is 44.5 Å². The van der Waals surface area contributed by atoms with Crippen molar-refractivity contribution in [2.75, 3.05) is 19.5 Å². The van der Waals surface area contributed by atoms with E-state index in [1.165, 1.54) is 51.4 Å². The van der Waals surface area contributed by atoms with Crippen molar-refractivity contribution in [1.82, 2.24) is 0 Å². The monoisotopic (exact) mass is 293 g/mol. The molecule has 0 amide bonds. The van der Waals surface area contributed by atoms with Gasteiger partial charge in [-0.25, -0.2) is 0 Å². The van der Waals surface area contributed by atoms with Crippen LogP contribution in [-0.2, 0) is 0 Å². The lowest BCUT2D eigenvalue weighted by Crippen LogP contribution is -2.00. The Bertz CT molecular complexity index is 379. The van der Waals surface area contributed by atoms with Gasteiger partial charge in [0.25, 0.3) is 0 Å². The minimum Gasteiger partial charge on any atom is -0.493 e. The number of unbranched alkanes of at least 4 members (excludes halogenated alkanes) is 8. The number of rotatable bonds is 12. The zero-order valence-electron chi connectivity index (χ0n) is 13.7. The van der Waals surface area contributed by atoms with Gasteiger partial charge in [-0.3, -0.25) is 0 Å². The van der Waals surface area contributed by atoms with Crippen molar-refractivity contribution >= 4 is 5.69 Å². The maximum atomic E-state index is 5.76. The van der Waals surface area contributed by atoms with E-state index in [4.69, 9.17) is 15.2 Å². The van der Waals surface area contributed by atoms with Crippen LogP contribution in [0.25, 0.3) is 0 Å². The Hall–Kier alpha value is -1.38. The summed E-state index contributed by atoms with van der Waals surface area (Å²) in [4.78, 5) is 0. The van der Waals surface area contributed by atoms with E-state index in [-0.39, 0.29) is 0 Å². The minimum absolute atomic E-state index is 0.697. The molecule has 2 N–H and O–H groups in total. The van der Waals surface area contributed by atoms with Gasteiger partial charge in [0.1, 0.15) is 0 Å². The van der Waals surface area contributed by atoms with Crippen molar-refractivity contribution < 1.29 is 9.47 Å². The number of hydrogen-bond donors (Lipinski definition) is 1. The molecule has 1 rings (SSSR count). The Kier molecular flexibility index (Phi) is 9.51. The van der Waals surface area contributed by atoms with E-state index in [1.807, 2.05) is 12.1 Å². The molecule has 0 bridgehead atoms. The third-order valence-electron chi connectivity index (χ3n) is 3.69. The van der Waals surface area contributed by atoms with Crippen LogP contribution in [0.5, 0.6) is 11.5 Å². The van der Waals surface area contributed by atoms with Crippen LogP contribution >= 0.6 is 0 Å². The summed E-state index contributed by atoms with van der Waals surface area (Å²) in [5.74, 6) is 1.50. The predicted octanol–water partition coefficient (Wildman–Crippen LogP) is 5.19. The van der Waals surface area contributed by atoms with E-state index >= 15 is 0 Å². The first kappa shape index (κ1) is 17.7. The lowest BCUT2D eigenvalue weighted by Gasteiger charge is -2.11. The van der Waals surface area contributed by atoms with Gasteiger partial charge in [-0.2, -0.15) is 0 Å². The zero-order chi connectivity index (χ0) is 15.3. The average Bonchev–Trinajstić information content (AvgIpc) is 2.50. The summed E-state index contributed by atoms with van der Waals surface area (Å²) in [7, 11) is 1.64. The number of ether oxygens (including phenoxy) is 2. The fourth-order valence-corrected chi connectivity index (χ4v) is 2.40. The van der Waals surface area contributed by atoms with Crippen LogP contribution < -0.4 is 15.2 Å². The van der Waals surface area contributed by atoms with E-state index in [0.717, 1.165) is 18.8 Å². The highest BCUT2D eigenvalue weighted by Gasteiger charge is 2.04. The molecule has 1 aromatic rings. The van der Waals surface area contributed by atoms with Crippen molar-refractivity contribution in [2.24, 2.45) is 0 Å². The number of anilines is 1. The molecule has 0 aliphatic carbocycles. The molecule has 1 aromatic carbocycles. The Morgan fingerprint density at radius 3 is 2.10 bits per heavy atom. The molecule has 3 heteroatoms. The lowest BCUT2D eigenvalue weighted by atomic mass is 10.1. The fourth-order valence-electron chi connectivity index (χ4n) is 2.40. The normalized spacial score (nSPS) is 10.6. The van der Waals surface area contributed by atoms with Gasteiger partial charge in [0, 0.05) is 11.8 Å². The summed E-state index contributed by atoms with van der Waals surface area (Å²) >= 11 is 0. The first-order chi connectivity index (χ1) is 10.3. The highest BCUT2D eigenvalue weighted by molar-refractivity contribution is 5.51. The summed E-state index contributed by atoms with van der Waals surface area (Å²) < 4.78 is 11.0. The van der Waals surface area contributed by atoms with Crippen molar-refractivity contribution in [3.05, 3.63) is 18.2 Å². The second kappa shape index (κ2) is 11.3. The quantitative estimate of drug-likeness (QED) is 0.426. The molecule has 0 aromatic heterocycles. The Morgan fingerprint density at radius 2 is 1.48 bits per heavy atom. The lowest BCUT2D eigenvalue weighted by molar-refractivity contribution is 0.284. The van der Waals surface area contributed by atoms with Gasteiger partial charge in [-0.15, -0.1) is 0 Å². The highest BCUT2D eigenvalue weighted by atomic mass is 16.5. The first-order valence-corrected chi connectivity index (χ1v) is 8.34. The van der Waals surface area contributed by atoms with Crippen LogP contribution in [0.3, 0.4) is 0 Å². The van der Waals surface area contributed by atoms with E-state index in [9.17, 15) is 0 Å². The van der Waals surface area contributed by atoms with E-state index in [0.29, 0.717) is 11.4 Å². The number of methoxy groups -OCH3 is 1. The van der Waals surface area contributed by atoms with Crippen molar-refractivity contribution in [1.29, 1.82) is 0 Å². The van der Waals surface area contributed by atoms with Crippen LogP contribution in [0.15, 0.2) is 18.2 Å². The van der Waals surface area contributed by atoms with Gasteiger partial charge in [0.05, 0.1) is 13.7 Å². The SMILES string of the molecule is CCCCCCCCCCCOc1ccc(N)cc1OC. The summed E-state index contributed by atoms with van der Waals surface area (Å²) in [5.41, 5.74) is 6.42. The molecular weight excluding hydrogens is 262 g/mol. The van der Waals surface area contributed by atoms with Crippen LogP contribution in [0.1, 0.15) is 64.7 Å². The van der Waals surface area contributed by atoms with E-state index in [1.54, 1.807) is 13.2 Å². The molecule has 0 spiro atoms. The maximum absolute atomic E-state index is 5.76.